The van der Waals surface area contributed by atoms with E-state index >= 15 is 0 Å². The lowest BCUT2D eigenvalue weighted by Crippen LogP contribution is -2.21. The molecule has 0 aromatic heterocycles. The highest BCUT2D eigenvalue weighted by Gasteiger charge is 2.31. The van der Waals surface area contributed by atoms with Crippen LogP contribution in [0.5, 0.6) is 0 Å². The highest BCUT2D eigenvalue weighted by atomic mass is 35.5. The molecule has 1 aliphatic heterocycles. The van der Waals surface area contributed by atoms with Crippen LogP contribution in [0, 0.1) is 11.7 Å². The molecule has 0 spiro atoms. The summed E-state index contributed by atoms with van der Waals surface area (Å²) < 4.78 is 13.8. The SMILES string of the molecule is CN1CC(CN)CC1c1ccc(Cl)cc1F. The first-order chi connectivity index (χ1) is 7.61. The van der Waals surface area contributed by atoms with Crippen molar-refractivity contribution in [3.8, 4) is 0 Å². The number of hydrogen-bond donors (Lipinski definition) is 1. The Balaban J connectivity index is 2.24. The van der Waals surface area contributed by atoms with Crippen LogP contribution < -0.4 is 5.73 Å². The van der Waals surface area contributed by atoms with Crippen LogP contribution in [0.4, 0.5) is 4.39 Å². The van der Waals surface area contributed by atoms with Crippen LogP contribution in [0.2, 0.25) is 5.02 Å². The predicted octanol–water partition coefficient (Wildman–Crippen LogP) is 2.43. The van der Waals surface area contributed by atoms with Gasteiger partial charge in [0.2, 0.25) is 0 Å². The van der Waals surface area contributed by atoms with E-state index in [4.69, 9.17) is 17.3 Å². The molecule has 2 atom stereocenters. The van der Waals surface area contributed by atoms with Crippen LogP contribution in [0.15, 0.2) is 18.2 Å². The molecule has 2 unspecified atom stereocenters. The van der Waals surface area contributed by atoms with E-state index < -0.39 is 0 Å². The fourth-order valence-electron chi connectivity index (χ4n) is 2.41. The summed E-state index contributed by atoms with van der Waals surface area (Å²) in [6.07, 6.45) is 0.922. The fourth-order valence-corrected chi connectivity index (χ4v) is 2.57. The van der Waals surface area contributed by atoms with Gasteiger partial charge >= 0.3 is 0 Å². The van der Waals surface area contributed by atoms with Gasteiger partial charge in [-0.25, -0.2) is 4.39 Å². The van der Waals surface area contributed by atoms with Crippen molar-refractivity contribution in [3.05, 3.63) is 34.6 Å². The Hall–Kier alpha value is -0.640. The molecule has 0 radical (unpaired) electrons. The fraction of sp³-hybridized carbons (Fsp3) is 0.500. The Labute approximate surface area is 100 Å². The molecule has 88 valence electrons. The van der Waals surface area contributed by atoms with E-state index in [1.165, 1.54) is 6.07 Å². The maximum absolute atomic E-state index is 13.8. The average molecular weight is 243 g/mol. The van der Waals surface area contributed by atoms with Gasteiger partial charge in [0.1, 0.15) is 5.82 Å². The number of hydrogen-bond acceptors (Lipinski definition) is 2. The van der Waals surface area contributed by atoms with Gasteiger partial charge in [-0.05, 0) is 38.1 Å². The molecule has 2 nitrogen and oxygen atoms in total. The largest absolute Gasteiger partial charge is 0.330 e. The van der Waals surface area contributed by atoms with Gasteiger partial charge in [0, 0.05) is 23.2 Å². The summed E-state index contributed by atoms with van der Waals surface area (Å²) in [5.41, 5.74) is 6.38. The Bertz CT molecular complexity index is 383. The predicted molar refractivity (Wildman–Crippen MR) is 63.9 cm³/mol. The first-order valence-electron chi connectivity index (χ1n) is 5.47. The van der Waals surface area contributed by atoms with Crippen molar-refractivity contribution >= 4 is 11.6 Å². The molecule has 1 aromatic rings. The van der Waals surface area contributed by atoms with Gasteiger partial charge in [-0.2, -0.15) is 0 Å². The van der Waals surface area contributed by atoms with E-state index in [2.05, 4.69) is 4.90 Å². The highest BCUT2D eigenvalue weighted by Crippen LogP contribution is 2.35. The van der Waals surface area contributed by atoms with Crippen LogP contribution >= 0.6 is 11.6 Å². The minimum Gasteiger partial charge on any atom is -0.330 e. The maximum atomic E-state index is 13.8. The van der Waals surface area contributed by atoms with Gasteiger partial charge in [-0.15, -0.1) is 0 Å². The number of benzene rings is 1. The second-order valence-corrected chi connectivity index (χ2v) is 4.90. The molecule has 16 heavy (non-hydrogen) atoms. The summed E-state index contributed by atoms with van der Waals surface area (Å²) in [5, 5.41) is 0.442. The van der Waals surface area contributed by atoms with Gasteiger partial charge < -0.3 is 5.73 Å². The monoisotopic (exact) mass is 242 g/mol. The molecule has 0 saturated carbocycles. The lowest BCUT2D eigenvalue weighted by Gasteiger charge is -2.20. The molecule has 1 heterocycles. The van der Waals surface area contributed by atoms with Crippen molar-refractivity contribution in [2.45, 2.75) is 12.5 Å². The number of rotatable bonds is 2. The summed E-state index contributed by atoms with van der Waals surface area (Å²) in [5.74, 6) is 0.243. The number of halogens is 2. The molecule has 4 heteroatoms. The summed E-state index contributed by atoms with van der Waals surface area (Å²) in [6.45, 7) is 1.60. The first kappa shape index (κ1) is 11.8. The molecule has 0 amide bonds. The standard InChI is InChI=1S/C12H16ClFN2/c1-16-7-8(6-15)4-12(16)10-3-2-9(13)5-11(10)14/h2-3,5,8,12H,4,6-7,15H2,1H3. The van der Waals surface area contributed by atoms with E-state index in [1.807, 2.05) is 7.05 Å². The molecule has 1 fully saturated rings. The minimum absolute atomic E-state index is 0.130. The normalized spacial score (nSPS) is 26.2. The van der Waals surface area contributed by atoms with Crippen molar-refractivity contribution in [3.63, 3.8) is 0 Å². The van der Waals surface area contributed by atoms with Gasteiger partial charge in [0.05, 0.1) is 0 Å². The van der Waals surface area contributed by atoms with Gasteiger partial charge in [-0.1, -0.05) is 17.7 Å². The lowest BCUT2D eigenvalue weighted by molar-refractivity contribution is 0.307. The van der Waals surface area contributed by atoms with E-state index in [0.717, 1.165) is 18.5 Å². The molecule has 1 aromatic carbocycles. The minimum atomic E-state index is -0.220. The zero-order valence-corrected chi connectivity index (χ0v) is 10.0. The van der Waals surface area contributed by atoms with Crippen LogP contribution in [-0.2, 0) is 0 Å². The van der Waals surface area contributed by atoms with Crippen LogP contribution in [0.25, 0.3) is 0 Å². The third kappa shape index (κ3) is 2.21. The van der Waals surface area contributed by atoms with Crippen molar-refractivity contribution < 1.29 is 4.39 Å². The third-order valence-electron chi connectivity index (χ3n) is 3.29. The Morgan fingerprint density at radius 1 is 1.56 bits per heavy atom. The quantitative estimate of drug-likeness (QED) is 0.863. The smallest absolute Gasteiger partial charge is 0.129 e. The first-order valence-corrected chi connectivity index (χ1v) is 5.85. The molecule has 2 N–H and O–H groups in total. The van der Waals surface area contributed by atoms with Gasteiger partial charge in [-0.3, -0.25) is 4.90 Å². The van der Waals surface area contributed by atoms with E-state index in [0.29, 0.717) is 17.5 Å². The van der Waals surface area contributed by atoms with E-state index in [-0.39, 0.29) is 11.9 Å². The highest BCUT2D eigenvalue weighted by molar-refractivity contribution is 6.30. The molecule has 1 saturated heterocycles. The van der Waals surface area contributed by atoms with Crippen LogP contribution in [-0.4, -0.2) is 25.0 Å². The molecular weight excluding hydrogens is 227 g/mol. The number of nitrogens with two attached hydrogens (primary N) is 1. The topological polar surface area (TPSA) is 29.3 Å². The molecule has 1 aliphatic rings. The molecule has 0 bridgehead atoms. The second kappa shape index (κ2) is 4.70. The summed E-state index contributed by atoms with van der Waals surface area (Å²) in [7, 11) is 2.01. The Kier molecular flexibility index (Phi) is 3.47. The Morgan fingerprint density at radius 2 is 2.31 bits per heavy atom. The van der Waals surface area contributed by atoms with Gasteiger partial charge in [0.15, 0.2) is 0 Å². The average Bonchev–Trinajstić information content (AvgIpc) is 2.60. The second-order valence-electron chi connectivity index (χ2n) is 4.46. The van der Waals surface area contributed by atoms with Crippen molar-refractivity contribution in [1.82, 2.24) is 4.90 Å². The zero-order valence-electron chi connectivity index (χ0n) is 9.29. The van der Waals surface area contributed by atoms with Crippen LogP contribution in [0.3, 0.4) is 0 Å². The summed E-state index contributed by atoms with van der Waals surface area (Å²) in [4.78, 5) is 2.16. The van der Waals surface area contributed by atoms with Crippen molar-refractivity contribution in [2.75, 3.05) is 20.1 Å². The Morgan fingerprint density at radius 3 is 2.88 bits per heavy atom. The number of likely N-dealkylation sites (tertiary alicyclic amines) is 1. The zero-order chi connectivity index (χ0) is 11.7. The third-order valence-corrected chi connectivity index (χ3v) is 3.52. The van der Waals surface area contributed by atoms with Crippen molar-refractivity contribution in [1.29, 1.82) is 0 Å². The van der Waals surface area contributed by atoms with E-state index in [9.17, 15) is 4.39 Å². The lowest BCUT2D eigenvalue weighted by atomic mass is 9.99. The maximum Gasteiger partial charge on any atom is 0.129 e. The van der Waals surface area contributed by atoms with Crippen molar-refractivity contribution in [2.24, 2.45) is 11.7 Å². The molecule has 0 aliphatic carbocycles. The molecular formula is C12H16ClFN2. The van der Waals surface area contributed by atoms with Crippen LogP contribution in [0.1, 0.15) is 18.0 Å². The molecule has 2 rings (SSSR count). The number of nitrogens with zero attached hydrogens (tertiary/aromatic N) is 1. The summed E-state index contributed by atoms with van der Waals surface area (Å²) in [6, 6.07) is 5.02. The van der Waals surface area contributed by atoms with E-state index in [1.54, 1.807) is 12.1 Å². The van der Waals surface area contributed by atoms with Gasteiger partial charge in [0.25, 0.3) is 0 Å². The summed E-state index contributed by atoms with van der Waals surface area (Å²) >= 11 is 5.74.